The van der Waals surface area contributed by atoms with E-state index in [4.69, 9.17) is 14.2 Å². The molecule has 7 heteroatoms. The first-order valence-corrected chi connectivity index (χ1v) is 9.56. The Bertz CT molecular complexity index is 990. The maximum Gasteiger partial charge on any atom is 0.278 e. The third kappa shape index (κ3) is 4.16. The molecule has 7 nitrogen and oxygen atoms in total. The van der Waals surface area contributed by atoms with Crippen molar-refractivity contribution in [2.75, 3.05) is 39.8 Å². The van der Waals surface area contributed by atoms with E-state index in [1.165, 1.54) is 12.0 Å². The molecule has 1 N–H and O–H groups in total. The molecule has 0 saturated carbocycles. The summed E-state index contributed by atoms with van der Waals surface area (Å²) in [6.07, 6.45) is 0. The number of amides is 2. The molecule has 2 aromatic rings. The molecule has 0 unspecified atom stereocenters. The number of hydrogen-bond donors (Lipinski definition) is 1. The number of benzene rings is 2. The Kier molecular flexibility index (Phi) is 6.42. The van der Waals surface area contributed by atoms with Gasteiger partial charge in [0.1, 0.15) is 17.2 Å². The summed E-state index contributed by atoms with van der Waals surface area (Å²) in [6, 6.07) is 11.0. The second-order valence-electron chi connectivity index (χ2n) is 7.05. The number of rotatable bonds is 8. The fraction of sp³-hybridized carbons (Fsp3) is 0.304. The molecule has 0 fully saturated rings. The number of carbonyl (C=O) groups is 2. The zero-order valence-corrected chi connectivity index (χ0v) is 17.9. The van der Waals surface area contributed by atoms with Gasteiger partial charge in [-0.2, -0.15) is 0 Å². The van der Waals surface area contributed by atoms with Crippen LogP contribution in [0.15, 0.2) is 42.1 Å². The van der Waals surface area contributed by atoms with E-state index in [-0.39, 0.29) is 24.8 Å². The average Bonchev–Trinajstić information content (AvgIpc) is 2.95. The molecule has 0 aromatic heterocycles. The van der Waals surface area contributed by atoms with Crippen molar-refractivity contribution in [1.29, 1.82) is 0 Å². The van der Waals surface area contributed by atoms with Gasteiger partial charge in [0.2, 0.25) is 0 Å². The van der Waals surface area contributed by atoms with Crippen molar-refractivity contribution in [2.45, 2.75) is 13.8 Å². The van der Waals surface area contributed by atoms with Crippen molar-refractivity contribution in [3.05, 3.63) is 58.8 Å². The normalized spacial score (nSPS) is 13.8. The smallest absolute Gasteiger partial charge is 0.278 e. The number of methoxy groups -OCH3 is 3. The Morgan fingerprint density at radius 1 is 0.900 bits per heavy atom. The summed E-state index contributed by atoms with van der Waals surface area (Å²) < 4.78 is 15.7. The third-order valence-electron chi connectivity index (χ3n) is 4.96. The topological polar surface area (TPSA) is 77.1 Å². The van der Waals surface area contributed by atoms with E-state index in [0.717, 1.165) is 16.7 Å². The van der Waals surface area contributed by atoms with Gasteiger partial charge >= 0.3 is 0 Å². The lowest BCUT2D eigenvalue weighted by atomic mass is 9.97. The standard InChI is InChI=1S/C23H26N2O5/c1-14-6-7-19(15(2)10-14)20-21(23(27)25(22(20)26)8-9-28-3)24-16-11-17(29-4)13-18(12-16)30-5/h6-7,10-13,24H,8-9H2,1-5H3. The first kappa shape index (κ1) is 21.4. The molecule has 0 aliphatic carbocycles. The largest absolute Gasteiger partial charge is 0.497 e. The highest BCUT2D eigenvalue weighted by atomic mass is 16.5. The molecule has 1 aliphatic rings. The van der Waals surface area contributed by atoms with Gasteiger partial charge in [0.25, 0.3) is 11.8 Å². The van der Waals surface area contributed by atoms with Crippen LogP contribution in [0, 0.1) is 13.8 Å². The van der Waals surface area contributed by atoms with Crippen LogP contribution in [0.3, 0.4) is 0 Å². The Labute approximate surface area is 176 Å². The van der Waals surface area contributed by atoms with Crippen molar-refractivity contribution in [2.24, 2.45) is 0 Å². The lowest BCUT2D eigenvalue weighted by Gasteiger charge is -2.15. The fourth-order valence-electron chi connectivity index (χ4n) is 3.45. The average molecular weight is 410 g/mol. The van der Waals surface area contributed by atoms with E-state index in [0.29, 0.717) is 22.8 Å². The number of aryl methyl sites for hydroxylation is 2. The zero-order valence-electron chi connectivity index (χ0n) is 17.9. The summed E-state index contributed by atoms with van der Waals surface area (Å²) in [5.74, 6) is 0.396. The molecule has 2 aromatic carbocycles. The van der Waals surface area contributed by atoms with Crippen LogP contribution in [0.1, 0.15) is 16.7 Å². The summed E-state index contributed by atoms with van der Waals surface area (Å²) in [7, 11) is 4.64. The predicted molar refractivity (Wildman–Crippen MR) is 115 cm³/mol. The monoisotopic (exact) mass is 410 g/mol. The van der Waals surface area contributed by atoms with Crippen molar-refractivity contribution >= 4 is 23.1 Å². The van der Waals surface area contributed by atoms with Crippen LogP contribution >= 0.6 is 0 Å². The maximum absolute atomic E-state index is 13.2. The second kappa shape index (κ2) is 9.00. The fourth-order valence-corrected chi connectivity index (χ4v) is 3.45. The van der Waals surface area contributed by atoms with E-state index in [9.17, 15) is 9.59 Å². The summed E-state index contributed by atoms with van der Waals surface area (Å²) >= 11 is 0. The van der Waals surface area contributed by atoms with E-state index in [2.05, 4.69) is 5.32 Å². The van der Waals surface area contributed by atoms with Crippen LogP contribution in [0.25, 0.3) is 5.57 Å². The molecule has 3 rings (SSSR count). The van der Waals surface area contributed by atoms with Gasteiger partial charge in [0.15, 0.2) is 0 Å². The highest BCUT2D eigenvalue weighted by Crippen LogP contribution is 2.34. The van der Waals surface area contributed by atoms with Crippen LogP contribution in [-0.4, -0.2) is 51.2 Å². The van der Waals surface area contributed by atoms with Crippen LogP contribution in [0.4, 0.5) is 5.69 Å². The minimum absolute atomic E-state index is 0.176. The van der Waals surface area contributed by atoms with Crippen LogP contribution < -0.4 is 14.8 Å². The number of hydrogen-bond acceptors (Lipinski definition) is 6. The van der Waals surface area contributed by atoms with E-state index in [1.807, 2.05) is 32.0 Å². The van der Waals surface area contributed by atoms with E-state index in [1.54, 1.807) is 32.4 Å². The summed E-state index contributed by atoms with van der Waals surface area (Å²) in [6.45, 7) is 4.35. The Balaban J connectivity index is 2.11. The maximum atomic E-state index is 13.2. The molecule has 158 valence electrons. The van der Waals surface area contributed by atoms with Gasteiger partial charge in [-0.05, 0) is 25.0 Å². The Morgan fingerprint density at radius 2 is 1.57 bits per heavy atom. The van der Waals surface area contributed by atoms with Gasteiger partial charge in [-0.15, -0.1) is 0 Å². The van der Waals surface area contributed by atoms with Gasteiger partial charge in [-0.3, -0.25) is 14.5 Å². The quantitative estimate of drug-likeness (QED) is 0.674. The Morgan fingerprint density at radius 3 is 2.13 bits per heavy atom. The lowest BCUT2D eigenvalue weighted by Crippen LogP contribution is -2.35. The number of nitrogens with zero attached hydrogens (tertiary/aromatic N) is 1. The SMILES string of the molecule is COCCN1C(=O)C(Nc2cc(OC)cc(OC)c2)=C(c2ccc(C)cc2C)C1=O. The molecule has 0 saturated heterocycles. The predicted octanol–water partition coefficient (Wildman–Crippen LogP) is 3.16. The summed E-state index contributed by atoms with van der Waals surface area (Å²) in [5, 5.41) is 3.13. The van der Waals surface area contributed by atoms with Gasteiger partial charge in [0, 0.05) is 31.0 Å². The van der Waals surface area contributed by atoms with Crippen LogP contribution in [0.2, 0.25) is 0 Å². The van der Waals surface area contributed by atoms with Crippen molar-refractivity contribution < 1.29 is 23.8 Å². The molecule has 0 spiro atoms. The van der Waals surface area contributed by atoms with Gasteiger partial charge in [-0.25, -0.2) is 0 Å². The molecular weight excluding hydrogens is 384 g/mol. The molecule has 1 heterocycles. The molecule has 1 aliphatic heterocycles. The highest BCUT2D eigenvalue weighted by molar-refractivity contribution is 6.36. The minimum atomic E-state index is -0.395. The van der Waals surface area contributed by atoms with Crippen LogP contribution in [0.5, 0.6) is 11.5 Å². The van der Waals surface area contributed by atoms with Crippen molar-refractivity contribution in [3.63, 3.8) is 0 Å². The van der Waals surface area contributed by atoms with Gasteiger partial charge < -0.3 is 19.5 Å². The molecule has 0 atom stereocenters. The number of carbonyl (C=O) groups excluding carboxylic acids is 2. The first-order chi connectivity index (χ1) is 14.4. The van der Waals surface area contributed by atoms with Crippen LogP contribution in [-0.2, 0) is 14.3 Å². The zero-order chi connectivity index (χ0) is 21.8. The molecule has 0 bridgehead atoms. The molecule has 0 radical (unpaired) electrons. The third-order valence-corrected chi connectivity index (χ3v) is 4.96. The molecular formula is C23H26N2O5. The van der Waals surface area contributed by atoms with Gasteiger partial charge in [-0.1, -0.05) is 23.8 Å². The van der Waals surface area contributed by atoms with Crippen molar-refractivity contribution in [1.82, 2.24) is 4.90 Å². The Hall–Kier alpha value is -3.32. The number of nitrogens with one attached hydrogen (secondary N) is 1. The minimum Gasteiger partial charge on any atom is -0.497 e. The van der Waals surface area contributed by atoms with E-state index < -0.39 is 5.91 Å². The summed E-state index contributed by atoms with van der Waals surface area (Å²) in [4.78, 5) is 27.6. The lowest BCUT2D eigenvalue weighted by molar-refractivity contribution is -0.137. The second-order valence-corrected chi connectivity index (χ2v) is 7.05. The highest BCUT2D eigenvalue weighted by Gasteiger charge is 2.39. The van der Waals surface area contributed by atoms with Gasteiger partial charge in [0.05, 0.1) is 32.9 Å². The number of imide groups is 1. The number of ether oxygens (including phenoxy) is 3. The summed E-state index contributed by atoms with van der Waals surface area (Å²) in [5.41, 5.74) is 3.86. The molecule has 30 heavy (non-hydrogen) atoms. The number of anilines is 1. The molecule has 2 amide bonds. The first-order valence-electron chi connectivity index (χ1n) is 9.56. The van der Waals surface area contributed by atoms with E-state index >= 15 is 0 Å². The van der Waals surface area contributed by atoms with Crippen molar-refractivity contribution in [3.8, 4) is 11.5 Å².